The Kier molecular flexibility index (Phi) is 5.23. The molecule has 134 valence electrons. The van der Waals surface area contributed by atoms with Crippen molar-refractivity contribution in [1.29, 1.82) is 0 Å². The van der Waals surface area contributed by atoms with E-state index in [1.54, 1.807) is 0 Å². The highest BCUT2D eigenvalue weighted by molar-refractivity contribution is 5.76. The maximum absolute atomic E-state index is 12.9. The average molecular weight is 340 g/mol. The summed E-state index contributed by atoms with van der Waals surface area (Å²) in [5, 5.41) is 4.57. The van der Waals surface area contributed by atoms with Gasteiger partial charge in [-0.25, -0.2) is 0 Å². The molecule has 1 aliphatic heterocycles. The van der Waals surface area contributed by atoms with Crippen molar-refractivity contribution in [3.63, 3.8) is 0 Å². The highest BCUT2D eigenvalue weighted by Gasteiger charge is 2.28. The van der Waals surface area contributed by atoms with Gasteiger partial charge in [-0.3, -0.25) is 14.4 Å². The molecule has 0 saturated carbocycles. The number of nitrogens with zero attached hydrogens (tertiary/aromatic N) is 4. The lowest BCUT2D eigenvalue weighted by molar-refractivity contribution is -0.134. The third-order valence-corrected chi connectivity index (χ3v) is 5.35. The molecule has 25 heavy (non-hydrogen) atoms. The zero-order valence-electron chi connectivity index (χ0n) is 15.7. The number of likely N-dealkylation sites (N-methyl/N-ethyl adjacent to an activating group) is 1. The van der Waals surface area contributed by atoms with Gasteiger partial charge in [0.15, 0.2) is 0 Å². The van der Waals surface area contributed by atoms with Crippen molar-refractivity contribution in [1.82, 2.24) is 19.6 Å². The summed E-state index contributed by atoms with van der Waals surface area (Å²) in [5.74, 6) is 0.155. The monoisotopic (exact) mass is 340 g/mol. The molecule has 5 heteroatoms. The first kappa shape index (κ1) is 17.7. The highest BCUT2D eigenvalue weighted by atomic mass is 16.2. The third kappa shape index (κ3) is 3.61. The lowest BCUT2D eigenvalue weighted by Gasteiger charge is -2.39. The largest absolute Gasteiger partial charge is 0.338 e. The van der Waals surface area contributed by atoms with E-state index in [9.17, 15) is 4.79 Å². The fourth-order valence-corrected chi connectivity index (χ4v) is 3.76. The summed E-state index contributed by atoms with van der Waals surface area (Å²) >= 11 is 0. The second-order valence-corrected chi connectivity index (χ2v) is 6.91. The van der Waals surface area contributed by atoms with Crippen LogP contribution < -0.4 is 0 Å². The van der Waals surface area contributed by atoms with Gasteiger partial charge >= 0.3 is 0 Å². The predicted molar refractivity (Wildman–Crippen MR) is 99.5 cm³/mol. The number of rotatable bonds is 4. The standard InChI is InChI=1S/C20H28N4O/c1-5-18-15(2)21-24(16(18)3)14-20(25)23-12-11-22(4)19(13-23)17-9-7-6-8-10-17/h6-10,19H,5,11-14H2,1-4H3. The number of aryl methyl sites for hydroxylation is 1. The first-order valence-electron chi connectivity index (χ1n) is 9.07. The summed E-state index contributed by atoms with van der Waals surface area (Å²) in [6.07, 6.45) is 0.955. The summed E-state index contributed by atoms with van der Waals surface area (Å²) in [6, 6.07) is 10.7. The van der Waals surface area contributed by atoms with Gasteiger partial charge in [0.05, 0.1) is 11.7 Å². The lowest BCUT2D eigenvalue weighted by Crippen LogP contribution is -2.49. The number of piperazine rings is 1. The van der Waals surface area contributed by atoms with Gasteiger partial charge in [0, 0.05) is 25.3 Å². The van der Waals surface area contributed by atoms with E-state index in [0.717, 1.165) is 37.4 Å². The molecule has 2 aromatic rings. The van der Waals surface area contributed by atoms with Crippen LogP contribution in [-0.2, 0) is 17.8 Å². The number of carbonyl (C=O) groups excluding carboxylic acids is 1. The molecule has 1 unspecified atom stereocenters. The van der Waals surface area contributed by atoms with E-state index in [1.165, 1.54) is 11.1 Å². The van der Waals surface area contributed by atoms with E-state index in [4.69, 9.17) is 0 Å². The summed E-state index contributed by atoms with van der Waals surface area (Å²) in [7, 11) is 2.13. The Bertz CT molecular complexity index is 738. The maximum Gasteiger partial charge on any atom is 0.244 e. The van der Waals surface area contributed by atoms with Gasteiger partial charge in [0.1, 0.15) is 6.54 Å². The summed E-state index contributed by atoms with van der Waals surface area (Å²) < 4.78 is 1.87. The molecule has 1 aromatic carbocycles. The van der Waals surface area contributed by atoms with Gasteiger partial charge in [-0.05, 0) is 38.4 Å². The van der Waals surface area contributed by atoms with E-state index < -0.39 is 0 Å². The molecular formula is C20H28N4O. The third-order valence-electron chi connectivity index (χ3n) is 5.35. The number of carbonyl (C=O) groups is 1. The topological polar surface area (TPSA) is 41.4 Å². The number of aromatic nitrogens is 2. The SMILES string of the molecule is CCc1c(C)nn(CC(=O)N2CCN(C)C(c3ccccc3)C2)c1C. The maximum atomic E-state index is 12.9. The van der Waals surface area contributed by atoms with Gasteiger partial charge < -0.3 is 4.90 Å². The van der Waals surface area contributed by atoms with Gasteiger partial charge in [-0.15, -0.1) is 0 Å². The highest BCUT2D eigenvalue weighted by Crippen LogP contribution is 2.24. The van der Waals surface area contributed by atoms with E-state index in [1.807, 2.05) is 22.6 Å². The molecule has 0 radical (unpaired) electrons. The Labute approximate surface area is 150 Å². The molecule has 2 heterocycles. The zero-order chi connectivity index (χ0) is 18.0. The molecule has 3 rings (SSSR count). The molecule has 1 amide bonds. The molecule has 0 spiro atoms. The number of amides is 1. The number of hydrogen-bond acceptors (Lipinski definition) is 3. The molecule has 5 nitrogen and oxygen atoms in total. The van der Waals surface area contributed by atoms with E-state index in [0.29, 0.717) is 6.54 Å². The van der Waals surface area contributed by atoms with Crippen LogP contribution in [0.4, 0.5) is 0 Å². The van der Waals surface area contributed by atoms with E-state index >= 15 is 0 Å². The van der Waals surface area contributed by atoms with E-state index in [2.05, 4.69) is 55.2 Å². The Balaban J connectivity index is 1.72. The fraction of sp³-hybridized carbons (Fsp3) is 0.500. The molecular weight excluding hydrogens is 312 g/mol. The van der Waals surface area contributed by atoms with Gasteiger partial charge in [0.25, 0.3) is 0 Å². The minimum atomic E-state index is 0.155. The Hall–Kier alpha value is -2.14. The molecule has 1 aliphatic rings. The molecule has 0 aliphatic carbocycles. The lowest BCUT2D eigenvalue weighted by atomic mass is 10.0. The Morgan fingerprint density at radius 1 is 1.20 bits per heavy atom. The number of hydrogen-bond donors (Lipinski definition) is 0. The quantitative estimate of drug-likeness (QED) is 0.859. The van der Waals surface area contributed by atoms with Crippen molar-refractivity contribution in [3.8, 4) is 0 Å². The molecule has 1 saturated heterocycles. The van der Waals surface area contributed by atoms with Crippen LogP contribution in [0.5, 0.6) is 0 Å². The van der Waals surface area contributed by atoms with Crippen molar-refractivity contribution in [2.24, 2.45) is 0 Å². The smallest absolute Gasteiger partial charge is 0.244 e. The van der Waals surface area contributed by atoms with Crippen molar-refractivity contribution in [2.75, 3.05) is 26.7 Å². The second-order valence-electron chi connectivity index (χ2n) is 6.91. The Morgan fingerprint density at radius 3 is 2.56 bits per heavy atom. The van der Waals surface area contributed by atoms with Crippen LogP contribution in [0.25, 0.3) is 0 Å². The average Bonchev–Trinajstić information content (AvgIpc) is 2.89. The summed E-state index contributed by atoms with van der Waals surface area (Å²) in [6.45, 7) is 8.95. The summed E-state index contributed by atoms with van der Waals surface area (Å²) in [5.41, 5.74) is 4.67. The van der Waals surface area contributed by atoms with Crippen LogP contribution in [0.3, 0.4) is 0 Å². The number of benzene rings is 1. The van der Waals surface area contributed by atoms with Crippen LogP contribution in [0.1, 0.15) is 35.5 Å². The van der Waals surface area contributed by atoms with Crippen molar-refractivity contribution in [2.45, 2.75) is 39.8 Å². The first-order chi connectivity index (χ1) is 12.0. The van der Waals surface area contributed by atoms with Gasteiger partial charge in [-0.1, -0.05) is 37.3 Å². The van der Waals surface area contributed by atoms with Crippen molar-refractivity contribution in [3.05, 3.63) is 52.8 Å². The predicted octanol–water partition coefficient (Wildman–Crippen LogP) is 2.58. The summed E-state index contributed by atoms with van der Waals surface area (Å²) in [4.78, 5) is 17.2. The molecule has 1 atom stereocenters. The molecule has 0 N–H and O–H groups in total. The van der Waals surface area contributed by atoms with Crippen LogP contribution in [0.15, 0.2) is 30.3 Å². The van der Waals surface area contributed by atoms with Crippen molar-refractivity contribution >= 4 is 5.91 Å². The second kappa shape index (κ2) is 7.40. The van der Waals surface area contributed by atoms with Crippen LogP contribution in [0.2, 0.25) is 0 Å². The zero-order valence-corrected chi connectivity index (χ0v) is 15.7. The molecule has 1 aromatic heterocycles. The van der Waals surface area contributed by atoms with Crippen LogP contribution >= 0.6 is 0 Å². The van der Waals surface area contributed by atoms with Crippen LogP contribution in [0, 0.1) is 13.8 Å². The Morgan fingerprint density at radius 2 is 1.92 bits per heavy atom. The van der Waals surface area contributed by atoms with Crippen molar-refractivity contribution < 1.29 is 4.79 Å². The normalized spacial score (nSPS) is 18.6. The van der Waals surface area contributed by atoms with Gasteiger partial charge in [0.2, 0.25) is 5.91 Å². The fourth-order valence-electron chi connectivity index (χ4n) is 3.76. The van der Waals surface area contributed by atoms with Gasteiger partial charge in [-0.2, -0.15) is 5.10 Å². The minimum absolute atomic E-state index is 0.155. The molecule has 1 fully saturated rings. The first-order valence-corrected chi connectivity index (χ1v) is 9.07. The minimum Gasteiger partial charge on any atom is -0.338 e. The van der Waals surface area contributed by atoms with E-state index in [-0.39, 0.29) is 11.9 Å². The van der Waals surface area contributed by atoms with Crippen LogP contribution in [-0.4, -0.2) is 52.2 Å². The molecule has 0 bridgehead atoms.